The van der Waals surface area contributed by atoms with Gasteiger partial charge in [-0.2, -0.15) is 0 Å². The van der Waals surface area contributed by atoms with Crippen molar-refractivity contribution in [2.45, 2.75) is 26.2 Å². The number of aromatic nitrogens is 1. The van der Waals surface area contributed by atoms with Gasteiger partial charge < -0.3 is 5.32 Å². The Balaban J connectivity index is 1.85. The van der Waals surface area contributed by atoms with E-state index in [4.69, 9.17) is 0 Å². The van der Waals surface area contributed by atoms with Gasteiger partial charge >= 0.3 is 0 Å². The van der Waals surface area contributed by atoms with Gasteiger partial charge in [-0.15, -0.1) is 0 Å². The molecule has 0 saturated heterocycles. The maximum Gasteiger partial charge on any atom is 0.188 e. The molecule has 1 N–H and O–H groups in total. The third-order valence-corrected chi connectivity index (χ3v) is 4.12. The quantitative estimate of drug-likeness (QED) is 0.892. The highest BCUT2D eigenvalue weighted by atomic mass is 32.1. The van der Waals surface area contributed by atoms with E-state index in [2.05, 4.69) is 29.4 Å². The minimum absolute atomic E-state index is 0.241. The summed E-state index contributed by atoms with van der Waals surface area (Å²) in [6.45, 7) is 2.06. The number of carbonyl (C=O) groups excluding carboxylic acids is 1. The molecule has 1 heterocycles. The van der Waals surface area contributed by atoms with E-state index >= 15 is 0 Å². The predicted octanol–water partition coefficient (Wildman–Crippen LogP) is 3.71. The van der Waals surface area contributed by atoms with Crippen LogP contribution in [0.4, 0.5) is 10.8 Å². The SMILES string of the molecule is Cc1ccc(Nc2nc3c(s2)C(=O)CCC3)cc1. The normalized spacial score (nSPS) is 14.4. The molecule has 0 saturated carbocycles. The highest BCUT2D eigenvalue weighted by molar-refractivity contribution is 7.17. The number of thiazole rings is 1. The van der Waals surface area contributed by atoms with Gasteiger partial charge in [0.1, 0.15) is 0 Å². The van der Waals surface area contributed by atoms with E-state index in [1.54, 1.807) is 0 Å². The van der Waals surface area contributed by atoms with E-state index in [0.29, 0.717) is 6.42 Å². The van der Waals surface area contributed by atoms with Crippen molar-refractivity contribution in [3.63, 3.8) is 0 Å². The van der Waals surface area contributed by atoms with Crippen LogP contribution in [0.15, 0.2) is 24.3 Å². The Hall–Kier alpha value is -1.68. The first-order valence-electron chi connectivity index (χ1n) is 6.09. The lowest BCUT2D eigenvalue weighted by molar-refractivity contribution is 0.0976. The van der Waals surface area contributed by atoms with Gasteiger partial charge in [0.2, 0.25) is 0 Å². The number of anilines is 2. The standard InChI is InChI=1S/C14H14N2OS/c1-9-5-7-10(8-6-9)15-14-16-11-3-2-4-12(17)13(11)18-14/h5-8H,2-4H2,1H3,(H,15,16). The van der Waals surface area contributed by atoms with E-state index in [1.807, 2.05) is 12.1 Å². The fourth-order valence-corrected chi connectivity index (χ4v) is 3.08. The number of carbonyl (C=O) groups is 1. The summed E-state index contributed by atoms with van der Waals surface area (Å²) >= 11 is 1.47. The topological polar surface area (TPSA) is 42.0 Å². The second-order valence-corrected chi connectivity index (χ2v) is 5.56. The van der Waals surface area contributed by atoms with Crippen molar-refractivity contribution < 1.29 is 4.79 Å². The maximum atomic E-state index is 11.7. The Morgan fingerprint density at radius 1 is 1.22 bits per heavy atom. The summed E-state index contributed by atoms with van der Waals surface area (Å²) in [5.41, 5.74) is 3.21. The molecule has 2 aromatic rings. The van der Waals surface area contributed by atoms with Crippen molar-refractivity contribution >= 4 is 27.9 Å². The summed E-state index contributed by atoms with van der Waals surface area (Å²) in [6.07, 6.45) is 2.52. The molecule has 18 heavy (non-hydrogen) atoms. The molecular formula is C14H14N2OS. The molecule has 0 bridgehead atoms. The molecule has 0 unspecified atom stereocenters. The van der Waals surface area contributed by atoms with E-state index in [1.165, 1.54) is 16.9 Å². The van der Waals surface area contributed by atoms with Gasteiger partial charge in [-0.05, 0) is 31.9 Å². The van der Waals surface area contributed by atoms with E-state index in [0.717, 1.165) is 34.2 Å². The number of aryl methyl sites for hydroxylation is 2. The molecule has 92 valence electrons. The number of hydrogen-bond acceptors (Lipinski definition) is 4. The molecular weight excluding hydrogens is 244 g/mol. The van der Waals surface area contributed by atoms with Crippen molar-refractivity contribution in [3.05, 3.63) is 40.4 Å². The lowest BCUT2D eigenvalue weighted by atomic mass is 10.0. The van der Waals surface area contributed by atoms with E-state index in [9.17, 15) is 4.79 Å². The molecule has 0 spiro atoms. The van der Waals surface area contributed by atoms with E-state index in [-0.39, 0.29) is 5.78 Å². The molecule has 0 fully saturated rings. The minimum Gasteiger partial charge on any atom is -0.332 e. The average Bonchev–Trinajstić information content (AvgIpc) is 2.76. The molecule has 0 atom stereocenters. The molecule has 1 aromatic carbocycles. The lowest BCUT2D eigenvalue weighted by Crippen LogP contribution is -2.07. The molecule has 0 radical (unpaired) electrons. The van der Waals surface area contributed by atoms with Gasteiger partial charge in [0.15, 0.2) is 10.9 Å². The van der Waals surface area contributed by atoms with Crippen LogP contribution < -0.4 is 5.32 Å². The van der Waals surface area contributed by atoms with Gasteiger partial charge in [0.25, 0.3) is 0 Å². The van der Waals surface area contributed by atoms with Crippen LogP contribution in [0.2, 0.25) is 0 Å². The molecule has 3 rings (SSSR count). The third kappa shape index (κ3) is 2.16. The number of nitrogens with zero attached hydrogens (tertiary/aromatic N) is 1. The molecule has 0 amide bonds. The Kier molecular flexibility index (Phi) is 2.88. The second-order valence-electron chi connectivity index (χ2n) is 4.56. The smallest absolute Gasteiger partial charge is 0.188 e. The van der Waals surface area contributed by atoms with Gasteiger partial charge in [-0.25, -0.2) is 4.98 Å². The lowest BCUT2D eigenvalue weighted by Gasteiger charge is -2.05. The molecule has 0 aliphatic heterocycles. The number of hydrogen-bond donors (Lipinski definition) is 1. The summed E-state index contributed by atoms with van der Waals surface area (Å²) in [5, 5.41) is 4.08. The average molecular weight is 258 g/mol. The minimum atomic E-state index is 0.241. The van der Waals surface area contributed by atoms with Crippen molar-refractivity contribution in [1.82, 2.24) is 4.98 Å². The Morgan fingerprint density at radius 3 is 2.72 bits per heavy atom. The highest BCUT2D eigenvalue weighted by Gasteiger charge is 2.21. The zero-order chi connectivity index (χ0) is 12.5. The number of benzene rings is 1. The number of ketones is 1. The van der Waals surface area contributed by atoms with Crippen molar-refractivity contribution in [3.8, 4) is 0 Å². The van der Waals surface area contributed by atoms with Crippen molar-refractivity contribution in [2.24, 2.45) is 0 Å². The number of fused-ring (bicyclic) bond motifs is 1. The zero-order valence-electron chi connectivity index (χ0n) is 10.2. The second kappa shape index (κ2) is 4.53. The number of rotatable bonds is 2. The summed E-state index contributed by atoms with van der Waals surface area (Å²) in [5.74, 6) is 0.241. The third-order valence-electron chi connectivity index (χ3n) is 3.07. The van der Waals surface area contributed by atoms with E-state index < -0.39 is 0 Å². The number of Topliss-reactive ketones (excluding diaryl/α,β-unsaturated/α-hetero) is 1. The summed E-state index contributed by atoms with van der Waals surface area (Å²) in [4.78, 5) is 17.1. The molecule has 4 heteroatoms. The van der Waals surface area contributed by atoms with Crippen LogP contribution in [0, 0.1) is 6.92 Å². The van der Waals surface area contributed by atoms with Crippen LogP contribution in [0.25, 0.3) is 0 Å². The Morgan fingerprint density at radius 2 is 2.00 bits per heavy atom. The summed E-state index contributed by atoms with van der Waals surface area (Å²) < 4.78 is 0. The van der Waals surface area contributed by atoms with Crippen molar-refractivity contribution in [1.29, 1.82) is 0 Å². The monoisotopic (exact) mass is 258 g/mol. The fraction of sp³-hybridized carbons (Fsp3) is 0.286. The maximum absolute atomic E-state index is 11.7. The molecule has 3 nitrogen and oxygen atoms in total. The fourth-order valence-electron chi connectivity index (χ4n) is 2.08. The van der Waals surface area contributed by atoms with Crippen LogP contribution in [0.5, 0.6) is 0 Å². The summed E-state index contributed by atoms with van der Waals surface area (Å²) in [7, 11) is 0. The molecule has 1 aliphatic rings. The van der Waals surface area contributed by atoms with Crippen LogP contribution >= 0.6 is 11.3 Å². The highest BCUT2D eigenvalue weighted by Crippen LogP contribution is 2.31. The number of nitrogens with one attached hydrogen (secondary N) is 1. The van der Waals surface area contributed by atoms with Gasteiger partial charge in [0, 0.05) is 12.1 Å². The Labute approximate surface area is 110 Å². The zero-order valence-corrected chi connectivity index (χ0v) is 11.0. The molecule has 1 aromatic heterocycles. The van der Waals surface area contributed by atoms with Crippen molar-refractivity contribution in [2.75, 3.05) is 5.32 Å². The van der Waals surface area contributed by atoms with Crippen LogP contribution in [0.3, 0.4) is 0 Å². The summed E-state index contributed by atoms with van der Waals surface area (Å²) in [6, 6.07) is 8.16. The first kappa shape index (κ1) is 11.4. The van der Waals surface area contributed by atoms with Gasteiger partial charge in [-0.3, -0.25) is 4.79 Å². The largest absolute Gasteiger partial charge is 0.332 e. The predicted molar refractivity (Wildman–Crippen MR) is 73.8 cm³/mol. The molecule has 1 aliphatic carbocycles. The van der Waals surface area contributed by atoms with Crippen LogP contribution in [-0.4, -0.2) is 10.8 Å². The van der Waals surface area contributed by atoms with Gasteiger partial charge in [-0.1, -0.05) is 29.0 Å². The van der Waals surface area contributed by atoms with Gasteiger partial charge in [0.05, 0.1) is 10.6 Å². The van der Waals surface area contributed by atoms with Crippen LogP contribution in [-0.2, 0) is 6.42 Å². The first-order valence-corrected chi connectivity index (χ1v) is 6.90. The first-order chi connectivity index (χ1) is 8.72. The Bertz CT molecular complexity index is 586. The van der Waals surface area contributed by atoms with Crippen LogP contribution in [0.1, 0.15) is 33.8 Å².